The second kappa shape index (κ2) is 8.60. The van der Waals surface area contributed by atoms with Crippen molar-refractivity contribution in [2.75, 3.05) is 10.6 Å². The van der Waals surface area contributed by atoms with E-state index >= 15 is 0 Å². The minimum Gasteiger partial charge on any atom is -0.320 e. The summed E-state index contributed by atoms with van der Waals surface area (Å²) in [5.41, 5.74) is 3.06. The highest BCUT2D eigenvalue weighted by molar-refractivity contribution is 7.14. The van der Waals surface area contributed by atoms with Gasteiger partial charge < -0.3 is 10.6 Å². The minimum atomic E-state index is -0.289. The summed E-state index contributed by atoms with van der Waals surface area (Å²) in [5.74, 6) is -0.152. The monoisotopic (exact) mass is 379 g/mol. The number of rotatable bonds is 6. The Morgan fingerprint density at radius 3 is 2.44 bits per heavy atom. The first kappa shape index (κ1) is 18.8. The van der Waals surface area contributed by atoms with E-state index in [1.807, 2.05) is 54.6 Å². The average Bonchev–Trinajstić information content (AvgIpc) is 3.11. The topological polar surface area (TPSA) is 71.1 Å². The van der Waals surface area contributed by atoms with E-state index in [9.17, 15) is 9.59 Å². The predicted octanol–water partition coefficient (Wildman–Crippen LogP) is 4.70. The van der Waals surface area contributed by atoms with E-state index in [2.05, 4.69) is 29.5 Å². The summed E-state index contributed by atoms with van der Waals surface area (Å²) in [7, 11) is 0. The number of para-hydroxylation sites is 1. The number of nitrogens with zero attached hydrogens (tertiary/aromatic N) is 1. The van der Waals surface area contributed by atoms with Gasteiger partial charge in [-0.05, 0) is 23.1 Å². The molecule has 0 radical (unpaired) electrons. The Balaban J connectivity index is 1.63. The van der Waals surface area contributed by atoms with Crippen molar-refractivity contribution in [1.29, 1.82) is 0 Å². The molecule has 0 aliphatic rings. The Morgan fingerprint density at radius 2 is 1.70 bits per heavy atom. The van der Waals surface area contributed by atoms with Crippen LogP contribution >= 0.6 is 11.3 Å². The van der Waals surface area contributed by atoms with E-state index in [-0.39, 0.29) is 23.9 Å². The van der Waals surface area contributed by atoms with Crippen molar-refractivity contribution in [2.45, 2.75) is 26.2 Å². The smallest absolute Gasteiger partial charge is 0.275 e. The second-order valence-electron chi connectivity index (χ2n) is 6.44. The lowest BCUT2D eigenvalue weighted by atomic mass is 10.0. The first-order chi connectivity index (χ1) is 13.0. The predicted molar refractivity (Wildman–Crippen MR) is 109 cm³/mol. The maximum Gasteiger partial charge on any atom is 0.275 e. The molecule has 0 bridgehead atoms. The lowest BCUT2D eigenvalue weighted by Crippen LogP contribution is -2.16. The molecule has 0 saturated heterocycles. The van der Waals surface area contributed by atoms with Gasteiger partial charge in [-0.25, -0.2) is 4.98 Å². The Morgan fingerprint density at radius 1 is 1.00 bits per heavy atom. The number of aromatic nitrogens is 1. The molecule has 0 unspecified atom stereocenters. The van der Waals surface area contributed by atoms with Crippen molar-refractivity contribution in [3.63, 3.8) is 0 Å². The van der Waals surface area contributed by atoms with Crippen molar-refractivity contribution in [3.05, 3.63) is 76.8 Å². The fourth-order valence-electron chi connectivity index (χ4n) is 2.68. The molecule has 1 heterocycles. The highest BCUT2D eigenvalue weighted by Gasteiger charge is 2.15. The standard InChI is InChI=1S/C21H21N3O2S/c1-14(2)16-10-6-7-11-17(16)22-20(26)18-13-27-21(23-18)24-19(25)12-15-8-4-3-5-9-15/h3-11,13-14H,12H2,1-2H3,(H,22,26)(H,23,24,25). The van der Waals surface area contributed by atoms with Gasteiger partial charge in [-0.1, -0.05) is 62.4 Å². The van der Waals surface area contributed by atoms with Gasteiger partial charge >= 0.3 is 0 Å². The Hall–Kier alpha value is -2.99. The first-order valence-corrected chi connectivity index (χ1v) is 9.60. The molecule has 2 aromatic carbocycles. The maximum absolute atomic E-state index is 12.5. The fraction of sp³-hybridized carbons (Fsp3) is 0.190. The zero-order valence-electron chi connectivity index (χ0n) is 15.2. The summed E-state index contributed by atoms with van der Waals surface area (Å²) >= 11 is 1.23. The lowest BCUT2D eigenvalue weighted by Gasteiger charge is -2.12. The van der Waals surface area contributed by atoms with Crippen LogP contribution in [0.5, 0.6) is 0 Å². The van der Waals surface area contributed by atoms with Crippen molar-refractivity contribution in [1.82, 2.24) is 4.98 Å². The highest BCUT2D eigenvalue weighted by Crippen LogP contribution is 2.24. The number of amides is 2. The third-order valence-corrected chi connectivity index (χ3v) is 4.78. The van der Waals surface area contributed by atoms with Crippen molar-refractivity contribution in [2.24, 2.45) is 0 Å². The number of thiazole rings is 1. The maximum atomic E-state index is 12.5. The van der Waals surface area contributed by atoms with Crippen molar-refractivity contribution >= 4 is 34.0 Å². The van der Waals surface area contributed by atoms with Crippen LogP contribution in [0.25, 0.3) is 0 Å². The zero-order valence-corrected chi connectivity index (χ0v) is 16.0. The van der Waals surface area contributed by atoms with Gasteiger partial charge in [0.05, 0.1) is 6.42 Å². The van der Waals surface area contributed by atoms with Gasteiger partial charge in [0.25, 0.3) is 5.91 Å². The third-order valence-electron chi connectivity index (χ3n) is 4.02. The summed E-state index contributed by atoms with van der Waals surface area (Å²) in [6.07, 6.45) is 0.268. The van der Waals surface area contributed by atoms with E-state index < -0.39 is 0 Å². The summed E-state index contributed by atoms with van der Waals surface area (Å²) in [4.78, 5) is 28.9. The quantitative estimate of drug-likeness (QED) is 0.652. The van der Waals surface area contributed by atoms with Gasteiger partial charge in [0.15, 0.2) is 5.13 Å². The molecule has 6 heteroatoms. The van der Waals surface area contributed by atoms with Crippen LogP contribution < -0.4 is 10.6 Å². The number of nitrogens with one attached hydrogen (secondary N) is 2. The van der Waals surface area contributed by atoms with Gasteiger partial charge in [-0.15, -0.1) is 11.3 Å². The van der Waals surface area contributed by atoms with Crippen LogP contribution in [0.3, 0.4) is 0 Å². The number of hydrogen-bond acceptors (Lipinski definition) is 4. The van der Waals surface area contributed by atoms with E-state index in [0.717, 1.165) is 16.8 Å². The number of anilines is 2. The van der Waals surface area contributed by atoms with Gasteiger partial charge in [0, 0.05) is 11.1 Å². The van der Waals surface area contributed by atoms with E-state index in [4.69, 9.17) is 0 Å². The molecule has 27 heavy (non-hydrogen) atoms. The molecule has 1 aromatic heterocycles. The minimum absolute atomic E-state index is 0.160. The van der Waals surface area contributed by atoms with Crippen LogP contribution in [0.1, 0.15) is 41.4 Å². The van der Waals surface area contributed by atoms with Crippen LogP contribution in [0.15, 0.2) is 60.0 Å². The van der Waals surface area contributed by atoms with Gasteiger partial charge in [-0.3, -0.25) is 9.59 Å². The molecule has 2 amide bonds. The van der Waals surface area contributed by atoms with E-state index in [0.29, 0.717) is 11.0 Å². The molecular weight excluding hydrogens is 358 g/mol. The van der Waals surface area contributed by atoms with Crippen LogP contribution in [-0.2, 0) is 11.2 Å². The van der Waals surface area contributed by atoms with Crippen LogP contribution in [0, 0.1) is 0 Å². The molecule has 0 atom stereocenters. The summed E-state index contributed by atoms with van der Waals surface area (Å²) in [5, 5.41) is 7.71. The van der Waals surface area contributed by atoms with E-state index in [1.165, 1.54) is 11.3 Å². The Kier molecular flexibility index (Phi) is 5.98. The Bertz CT molecular complexity index is 935. The Labute approximate surface area is 162 Å². The zero-order chi connectivity index (χ0) is 19.2. The second-order valence-corrected chi connectivity index (χ2v) is 7.30. The molecule has 0 fully saturated rings. The molecule has 0 spiro atoms. The molecular formula is C21H21N3O2S. The first-order valence-electron chi connectivity index (χ1n) is 8.72. The number of hydrogen-bond donors (Lipinski definition) is 2. The lowest BCUT2D eigenvalue weighted by molar-refractivity contribution is -0.115. The summed E-state index contributed by atoms with van der Waals surface area (Å²) in [6.45, 7) is 4.16. The van der Waals surface area contributed by atoms with Gasteiger partial charge in [0.1, 0.15) is 5.69 Å². The molecule has 138 valence electrons. The largest absolute Gasteiger partial charge is 0.320 e. The fourth-order valence-corrected chi connectivity index (χ4v) is 3.39. The van der Waals surface area contributed by atoms with Gasteiger partial charge in [-0.2, -0.15) is 0 Å². The SMILES string of the molecule is CC(C)c1ccccc1NC(=O)c1csc(NC(=O)Cc2ccccc2)n1. The summed E-state index contributed by atoms with van der Waals surface area (Å²) < 4.78 is 0. The molecule has 2 N–H and O–H groups in total. The van der Waals surface area contributed by atoms with Gasteiger partial charge in [0.2, 0.25) is 5.91 Å². The molecule has 5 nitrogen and oxygen atoms in total. The number of carbonyl (C=O) groups is 2. The van der Waals surface area contributed by atoms with E-state index in [1.54, 1.807) is 5.38 Å². The molecule has 3 aromatic rings. The third kappa shape index (κ3) is 5.01. The molecule has 0 aliphatic carbocycles. The van der Waals surface area contributed by atoms with Crippen LogP contribution in [0.2, 0.25) is 0 Å². The summed E-state index contributed by atoms with van der Waals surface area (Å²) in [6, 6.07) is 17.2. The molecule has 0 saturated carbocycles. The molecule has 0 aliphatic heterocycles. The normalized spacial score (nSPS) is 10.6. The number of carbonyl (C=O) groups excluding carboxylic acids is 2. The van der Waals surface area contributed by atoms with Crippen LogP contribution in [0.4, 0.5) is 10.8 Å². The van der Waals surface area contributed by atoms with Crippen molar-refractivity contribution < 1.29 is 9.59 Å². The average molecular weight is 379 g/mol. The highest BCUT2D eigenvalue weighted by atomic mass is 32.1. The number of benzene rings is 2. The van der Waals surface area contributed by atoms with Crippen LogP contribution in [-0.4, -0.2) is 16.8 Å². The van der Waals surface area contributed by atoms with Crippen molar-refractivity contribution in [3.8, 4) is 0 Å². The molecule has 3 rings (SSSR count).